The third kappa shape index (κ3) is 7.52. The molecule has 0 fully saturated rings. The highest BCUT2D eigenvalue weighted by Crippen LogP contribution is 2.31. The van der Waals surface area contributed by atoms with E-state index < -0.39 is 28.5 Å². The van der Waals surface area contributed by atoms with Crippen LogP contribution in [0.25, 0.3) is 0 Å². The van der Waals surface area contributed by atoms with Crippen LogP contribution in [0.3, 0.4) is 0 Å². The number of carbonyl (C=O) groups is 2. The third-order valence-corrected chi connectivity index (χ3v) is 8.31. The Morgan fingerprint density at radius 3 is 2.36 bits per heavy atom. The fourth-order valence-corrected chi connectivity index (χ4v) is 5.67. The second-order valence-corrected chi connectivity index (χ2v) is 11.4. The Balaban J connectivity index is 2.03. The minimum absolute atomic E-state index is 0.0221. The fourth-order valence-electron chi connectivity index (χ4n) is 3.95. The summed E-state index contributed by atoms with van der Waals surface area (Å²) in [5.74, 6) is -0.297. The highest BCUT2D eigenvalue weighted by Gasteiger charge is 2.33. The Morgan fingerprint density at radius 2 is 1.72 bits per heavy atom. The number of halogens is 1. The van der Waals surface area contributed by atoms with Gasteiger partial charge in [0.15, 0.2) is 0 Å². The summed E-state index contributed by atoms with van der Waals surface area (Å²) < 4.78 is 34.0. The summed E-state index contributed by atoms with van der Waals surface area (Å²) in [6.07, 6.45) is 0.734. The number of benzene rings is 3. The van der Waals surface area contributed by atoms with Crippen LogP contribution in [0.15, 0.2) is 77.7 Å². The quantitative estimate of drug-likeness (QED) is 0.337. The molecule has 3 rings (SSSR count). The molecular formula is C29H34ClN3O5S. The molecule has 39 heavy (non-hydrogen) atoms. The number of amides is 2. The molecule has 0 heterocycles. The van der Waals surface area contributed by atoms with Gasteiger partial charge in [0, 0.05) is 13.1 Å². The summed E-state index contributed by atoms with van der Waals surface area (Å²) in [5.41, 5.74) is 1.78. The molecule has 0 radical (unpaired) electrons. The van der Waals surface area contributed by atoms with Crippen LogP contribution in [0, 0.1) is 6.92 Å². The predicted molar refractivity (Wildman–Crippen MR) is 153 cm³/mol. The summed E-state index contributed by atoms with van der Waals surface area (Å²) in [7, 11) is -2.64. The van der Waals surface area contributed by atoms with E-state index in [9.17, 15) is 18.0 Å². The van der Waals surface area contributed by atoms with Crippen LogP contribution in [0.1, 0.15) is 31.4 Å². The summed E-state index contributed by atoms with van der Waals surface area (Å²) in [6.45, 7) is 5.37. The van der Waals surface area contributed by atoms with Gasteiger partial charge in [-0.1, -0.05) is 60.5 Å². The van der Waals surface area contributed by atoms with E-state index in [1.807, 2.05) is 19.9 Å². The van der Waals surface area contributed by atoms with E-state index in [2.05, 4.69) is 5.32 Å². The van der Waals surface area contributed by atoms with Crippen LogP contribution >= 0.6 is 11.6 Å². The molecule has 0 saturated heterocycles. The number of hydrogen-bond donors (Lipinski definition) is 1. The van der Waals surface area contributed by atoms with Gasteiger partial charge >= 0.3 is 0 Å². The van der Waals surface area contributed by atoms with Gasteiger partial charge in [-0.05, 0) is 62.2 Å². The number of carbonyl (C=O) groups excluding carboxylic acids is 2. The molecule has 0 aliphatic carbocycles. The number of ether oxygens (including phenoxy) is 1. The molecule has 3 aromatic carbocycles. The van der Waals surface area contributed by atoms with E-state index in [4.69, 9.17) is 16.3 Å². The zero-order valence-corrected chi connectivity index (χ0v) is 24.1. The van der Waals surface area contributed by atoms with Crippen molar-refractivity contribution in [3.8, 4) is 5.75 Å². The largest absolute Gasteiger partial charge is 0.497 e. The molecule has 0 saturated carbocycles. The van der Waals surface area contributed by atoms with Crippen LogP contribution < -0.4 is 14.4 Å². The van der Waals surface area contributed by atoms with Gasteiger partial charge in [-0.2, -0.15) is 0 Å². The van der Waals surface area contributed by atoms with E-state index >= 15 is 0 Å². The monoisotopic (exact) mass is 571 g/mol. The molecule has 8 nitrogen and oxygen atoms in total. The first-order chi connectivity index (χ1) is 18.6. The summed E-state index contributed by atoms with van der Waals surface area (Å²) in [4.78, 5) is 28.2. The molecule has 0 spiro atoms. The van der Waals surface area contributed by atoms with Crippen molar-refractivity contribution in [2.24, 2.45) is 0 Å². The van der Waals surface area contributed by atoms with Crippen molar-refractivity contribution in [3.63, 3.8) is 0 Å². The lowest BCUT2D eigenvalue weighted by molar-refractivity contribution is -0.139. The molecule has 0 bridgehead atoms. The van der Waals surface area contributed by atoms with Gasteiger partial charge in [-0.15, -0.1) is 0 Å². The smallest absolute Gasteiger partial charge is 0.264 e. The van der Waals surface area contributed by atoms with Gasteiger partial charge in [0.25, 0.3) is 10.0 Å². The molecule has 10 heteroatoms. The van der Waals surface area contributed by atoms with E-state index in [0.717, 1.165) is 21.9 Å². The summed E-state index contributed by atoms with van der Waals surface area (Å²) in [5, 5.41) is 3.00. The minimum atomic E-state index is -4.18. The van der Waals surface area contributed by atoms with E-state index in [0.29, 0.717) is 12.3 Å². The first kappa shape index (κ1) is 30.0. The molecule has 1 atom stereocenters. The third-order valence-electron chi connectivity index (χ3n) is 6.21. The van der Waals surface area contributed by atoms with Gasteiger partial charge in [-0.3, -0.25) is 13.9 Å². The highest BCUT2D eigenvalue weighted by molar-refractivity contribution is 7.92. The first-order valence-corrected chi connectivity index (χ1v) is 14.4. The minimum Gasteiger partial charge on any atom is -0.497 e. The maximum absolute atomic E-state index is 13.9. The number of anilines is 1. The number of nitrogens with zero attached hydrogens (tertiary/aromatic N) is 2. The molecule has 1 N–H and O–H groups in total. The first-order valence-electron chi connectivity index (χ1n) is 12.6. The number of methoxy groups -OCH3 is 1. The fraction of sp³-hybridized carbons (Fsp3) is 0.310. The van der Waals surface area contributed by atoms with Crippen molar-refractivity contribution in [2.45, 2.75) is 44.7 Å². The number of rotatable bonds is 12. The lowest BCUT2D eigenvalue weighted by atomic mass is 10.1. The van der Waals surface area contributed by atoms with E-state index in [1.165, 1.54) is 17.0 Å². The van der Waals surface area contributed by atoms with Crippen molar-refractivity contribution in [1.29, 1.82) is 0 Å². The predicted octanol–water partition coefficient (Wildman–Crippen LogP) is 4.80. The van der Waals surface area contributed by atoms with Gasteiger partial charge < -0.3 is 15.0 Å². The number of para-hydroxylation sites is 1. The van der Waals surface area contributed by atoms with Crippen LogP contribution in [-0.4, -0.2) is 51.4 Å². The zero-order chi connectivity index (χ0) is 28.6. The summed E-state index contributed by atoms with van der Waals surface area (Å²) >= 11 is 6.43. The normalized spacial score (nSPS) is 11.9. The van der Waals surface area contributed by atoms with E-state index in [-0.39, 0.29) is 28.1 Å². The maximum Gasteiger partial charge on any atom is 0.264 e. The highest BCUT2D eigenvalue weighted by atomic mass is 35.5. The van der Waals surface area contributed by atoms with Crippen LogP contribution in [0.2, 0.25) is 5.02 Å². The van der Waals surface area contributed by atoms with Crippen molar-refractivity contribution >= 4 is 39.1 Å². The Morgan fingerprint density at radius 1 is 1.03 bits per heavy atom. The molecule has 2 amide bonds. The van der Waals surface area contributed by atoms with Crippen LogP contribution in [0.4, 0.5) is 5.69 Å². The standard InChI is InChI=1S/C29H34ClN3O5S/c1-5-17-31-29(35)22(3)32(19-23-9-8-10-24(18-23)38-4)28(34)20-33(27-12-7-6-11-26(27)30)39(36,37)25-15-13-21(2)14-16-25/h6-16,18,22H,5,17,19-20H2,1-4H3,(H,31,35). The van der Waals surface area contributed by atoms with Gasteiger partial charge in [-0.25, -0.2) is 8.42 Å². The van der Waals surface area contributed by atoms with Crippen molar-refractivity contribution in [2.75, 3.05) is 24.5 Å². The molecule has 0 aromatic heterocycles. The second kappa shape index (κ2) is 13.5. The Labute approximate surface area is 235 Å². The zero-order valence-electron chi connectivity index (χ0n) is 22.6. The summed E-state index contributed by atoms with van der Waals surface area (Å²) in [6, 6.07) is 19.1. The lowest BCUT2D eigenvalue weighted by Gasteiger charge is -2.32. The number of nitrogens with one attached hydrogen (secondary N) is 1. The maximum atomic E-state index is 13.9. The molecule has 0 aliphatic rings. The molecule has 3 aromatic rings. The number of aryl methyl sites for hydroxylation is 1. The molecule has 208 valence electrons. The average molecular weight is 572 g/mol. The van der Waals surface area contributed by atoms with Gasteiger partial charge in [0.2, 0.25) is 11.8 Å². The van der Waals surface area contributed by atoms with Crippen molar-refractivity contribution in [1.82, 2.24) is 10.2 Å². The number of hydrogen-bond acceptors (Lipinski definition) is 5. The van der Waals surface area contributed by atoms with Crippen LogP contribution in [0.5, 0.6) is 5.75 Å². The Hall–Kier alpha value is -3.56. The lowest BCUT2D eigenvalue weighted by Crippen LogP contribution is -2.51. The Kier molecular flexibility index (Phi) is 10.4. The van der Waals surface area contributed by atoms with Gasteiger partial charge in [0.1, 0.15) is 18.3 Å². The molecule has 0 aliphatic heterocycles. The van der Waals surface area contributed by atoms with Crippen LogP contribution in [-0.2, 0) is 26.2 Å². The average Bonchev–Trinajstić information content (AvgIpc) is 2.93. The Bertz CT molecular complexity index is 1400. The molecule has 1 unspecified atom stereocenters. The van der Waals surface area contributed by atoms with Crippen molar-refractivity contribution < 1.29 is 22.7 Å². The topological polar surface area (TPSA) is 96.0 Å². The SMILES string of the molecule is CCCNC(=O)C(C)N(Cc1cccc(OC)c1)C(=O)CN(c1ccccc1Cl)S(=O)(=O)c1ccc(C)cc1. The second-order valence-electron chi connectivity index (χ2n) is 9.12. The van der Waals surface area contributed by atoms with Crippen molar-refractivity contribution in [3.05, 3.63) is 88.9 Å². The van der Waals surface area contributed by atoms with Gasteiger partial charge in [0.05, 0.1) is 22.7 Å². The number of sulfonamides is 1. The molecular weight excluding hydrogens is 538 g/mol. The van der Waals surface area contributed by atoms with E-state index in [1.54, 1.807) is 68.6 Å².